The van der Waals surface area contributed by atoms with Crippen molar-refractivity contribution >= 4 is 29.7 Å². The number of carbonyl (C=O) groups is 2. The number of ether oxygens (including phenoxy) is 1. The van der Waals surface area contributed by atoms with Crippen LogP contribution in [0.3, 0.4) is 0 Å². The number of amides is 1. The zero-order valence-electron chi connectivity index (χ0n) is 15.1. The normalized spacial score (nSPS) is 10.6. The van der Waals surface area contributed by atoms with Crippen molar-refractivity contribution in [2.24, 2.45) is 5.10 Å². The molecule has 0 aliphatic carbocycles. The Morgan fingerprint density at radius 2 is 1.50 bits per heavy atom. The Morgan fingerprint density at radius 1 is 0.893 bits per heavy atom. The maximum Gasteiger partial charge on any atom is 0.343 e. The Morgan fingerprint density at radius 3 is 2.14 bits per heavy atom. The summed E-state index contributed by atoms with van der Waals surface area (Å²) in [6.07, 6.45) is 1.51. The van der Waals surface area contributed by atoms with Gasteiger partial charge in [0.05, 0.1) is 11.8 Å². The van der Waals surface area contributed by atoms with E-state index < -0.39 is 5.97 Å². The topological polar surface area (TPSA) is 67.8 Å². The van der Waals surface area contributed by atoms with Crippen molar-refractivity contribution in [1.29, 1.82) is 0 Å². The monoisotopic (exact) mass is 392 g/mol. The molecular formula is C22H17ClN2O3. The third kappa shape index (κ3) is 5.28. The van der Waals surface area contributed by atoms with Gasteiger partial charge < -0.3 is 4.74 Å². The smallest absolute Gasteiger partial charge is 0.343 e. The van der Waals surface area contributed by atoms with Crippen molar-refractivity contribution < 1.29 is 14.3 Å². The molecule has 140 valence electrons. The summed E-state index contributed by atoms with van der Waals surface area (Å²) in [6.45, 7) is 1.95. The molecule has 0 bridgehead atoms. The van der Waals surface area contributed by atoms with Gasteiger partial charge in [-0.05, 0) is 73.2 Å². The molecule has 0 aromatic heterocycles. The largest absolute Gasteiger partial charge is 0.423 e. The van der Waals surface area contributed by atoms with Crippen molar-refractivity contribution in [3.8, 4) is 5.75 Å². The molecule has 3 aromatic carbocycles. The fourth-order valence-corrected chi connectivity index (χ4v) is 2.43. The Labute approximate surface area is 167 Å². The molecule has 3 rings (SSSR count). The molecule has 0 unspecified atom stereocenters. The molecule has 0 spiro atoms. The van der Waals surface area contributed by atoms with Crippen LogP contribution < -0.4 is 10.2 Å². The first-order valence-corrected chi connectivity index (χ1v) is 8.87. The summed E-state index contributed by atoms with van der Waals surface area (Å²) in [5.74, 6) is -0.353. The second-order valence-electron chi connectivity index (χ2n) is 6.03. The quantitative estimate of drug-likeness (QED) is 0.298. The number of aryl methyl sites for hydroxylation is 1. The summed E-state index contributed by atoms with van der Waals surface area (Å²) in [7, 11) is 0. The van der Waals surface area contributed by atoms with E-state index in [4.69, 9.17) is 16.3 Å². The van der Waals surface area contributed by atoms with Gasteiger partial charge in [0.25, 0.3) is 5.91 Å². The molecule has 1 N–H and O–H groups in total. The highest BCUT2D eigenvalue weighted by Crippen LogP contribution is 2.15. The van der Waals surface area contributed by atoms with E-state index in [2.05, 4.69) is 10.5 Å². The summed E-state index contributed by atoms with van der Waals surface area (Å²) in [5.41, 5.74) is 5.25. The number of esters is 1. The first-order chi connectivity index (χ1) is 13.5. The fourth-order valence-electron chi connectivity index (χ4n) is 2.31. The predicted octanol–water partition coefficient (Wildman–Crippen LogP) is 4.63. The number of nitrogens with zero attached hydrogens (tertiary/aromatic N) is 1. The lowest BCUT2D eigenvalue weighted by atomic mass is 10.1. The van der Waals surface area contributed by atoms with Crippen molar-refractivity contribution in [3.05, 3.63) is 100 Å². The highest BCUT2D eigenvalue weighted by molar-refractivity contribution is 6.30. The van der Waals surface area contributed by atoms with Crippen LogP contribution in [0.1, 0.15) is 31.8 Å². The van der Waals surface area contributed by atoms with Crippen LogP contribution in [0.5, 0.6) is 5.75 Å². The summed E-state index contributed by atoms with van der Waals surface area (Å²) < 4.78 is 5.31. The lowest BCUT2D eigenvalue weighted by Gasteiger charge is -2.05. The summed E-state index contributed by atoms with van der Waals surface area (Å²) in [6, 6.07) is 20.4. The molecule has 0 radical (unpaired) electrons. The highest BCUT2D eigenvalue weighted by Gasteiger charge is 2.08. The SMILES string of the molecule is Cc1ccc(C(=O)NN=Cc2ccc(OC(=O)c3ccc(Cl)cc3)cc2)cc1. The molecule has 1 amide bonds. The lowest BCUT2D eigenvalue weighted by molar-refractivity contribution is 0.0734. The third-order valence-corrected chi connectivity index (χ3v) is 4.12. The van der Waals surface area contributed by atoms with Crippen LogP contribution >= 0.6 is 11.6 Å². The lowest BCUT2D eigenvalue weighted by Crippen LogP contribution is -2.17. The molecule has 6 heteroatoms. The first-order valence-electron chi connectivity index (χ1n) is 8.49. The number of hydrazone groups is 1. The zero-order chi connectivity index (χ0) is 19.9. The van der Waals surface area contributed by atoms with E-state index in [0.29, 0.717) is 21.9 Å². The second kappa shape index (κ2) is 8.97. The Kier molecular flexibility index (Phi) is 6.19. The third-order valence-electron chi connectivity index (χ3n) is 3.86. The number of benzene rings is 3. The fraction of sp³-hybridized carbons (Fsp3) is 0.0455. The van der Waals surface area contributed by atoms with E-state index in [9.17, 15) is 9.59 Å². The number of hydrogen-bond acceptors (Lipinski definition) is 4. The highest BCUT2D eigenvalue weighted by atomic mass is 35.5. The maximum atomic E-state index is 12.1. The van der Waals surface area contributed by atoms with E-state index >= 15 is 0 Å². The molecular weight excluding hydrogens is 376 g/mol. The summed E-state index contributed by atoms with van der Waals surface area (Å²) in [4.78, 5) is 24.1. The van der Waals surface area contributed by atoms with Gasteiger partial charge in [-0.2, -0.15) is 5.10 Å². The van der Waals surface area contributed by atoms with Crippen molar-refractivity contribution in [2.45, 2.75) is 6.92 Å². The van der Waals surface area contributed by atoms with Crippen LogP contribution in [-0.2, 0) is 0 Å². The van der Waals surface area contributed by atoms with Crippen molar-refractivity contribution in [1.82, 2.24) is 5.43 Å². The van der Waals surface area contributed by atoms with Crippen LogP contribution in [0.2, 0.25) is 5.02 Å². The van der Waals surface area contributed by atoms with Gasteiger partial charge in [-0.1, -0.05) is 29.3 Å². The van der Waals surface area contributed by atoms with Crippen LogP contribution in [0, 0.1) is 6.92 Å². The van der Waals surface area contributed by atoms with Crippen LogP contribution in [0.4, 0.5) is 0 Å². The number of nitrogens with one attached hydrogen (secondary N) is 1. The summed E-state index contributed by atoms with van der Waals surface area (Å²) in [5, 5.41) is 4.49. The summed E-state index contributed by atoms with van der Waals surface area (Å²) >= 11 is 5.81. The van der Waals surface area contributed by atoms with Gasteiger partial charge in [-0.15, -0.1) is 0 Å². The van der Waals surface area contributed by atoms with Crippen LogP contribution in [-0.4, -0.2) is 18.1 Å². The minimum atomic E-state index is -0.469. The standard InChI is InChI=1S/C22H17ClN2O3/c1-15-2-6-17(7-3-15)21(26)25-24-14-16-4-12-20(13-5-16)28-22(27)18-8-10-19(23)11-9-18/h2-14H,1H3,(H,25,26). The molecule has 5 nitrogen and oxygen atoms in total. The van der Waals surface area contributed by atoms with Crippen molar-refractivity contribution in [2.75, 3.05) is 0 Å². The average molecular weight is 393 g/mol. The average Bonchev–Trinajstić information content (AvgIpc) is 2.70. The minimum absolute atomic E-state index is 0.287. The van der Waals surface area contributed by atoms with Gasteiger partial charge in [0.15, 0.2) is 0 Å². The van der Waals surface area contributed by atoms with E-state index in [1.54, 1.807) is 60.7 Å². The van der Waals surface area contributed by atoms with Gasteiger partial charge >= 0.3 is 5.97 Å². The number of rotatable bonds is 5. The molecule has 0 fully saturated rings. The Balaban J connectivity index is 1.55. The van der Waals surface area contributed by atoms with Crippen LogP contribution in [0.25, 0.3) is 0 Å². The Bertz CT molecular complexity index is 995. The van der Waals surface area contributed by atoms with Gasteiger partial charge in [0, 0.05) is 10.6 Å². The molecule has 28 heavy (non-hydrogen) atoms. The zero-order valence-corrected chi connectivity index (χ0v) is 15.8. The van der Waals surface area contributed by atoms with E-state index in [1.165, 1.54) is 6.21 Å². The molecule has 3 aromatic rings. The molecule has 0 atom stereocenters. The van der Waals surface area contributed by atoms with E-state index in [-0.39, 0.29) is 5.91 Å². The minimum Gasteiger partial charge on any atom is -0.423 e. The van der Waals surface area contributed by atoms with Gasteiger partial charge in [0.1, 0.15) is 5.75 Å². The van der Waals surface area contributed by atoms with Gasteiger partial charge in [-0.25, -0.2) is 10.2 Å². The van der Waals surface area contributed by atoms with Gasteiger partial charge in [0.2, 0.25) is 0 Å². The van der Waals surface area contributed by atoms with E-state index in [1.807, 2.05) is 19.1 Å². The molecule has 0 saturated heterocycles. The number of carbonyl (C=O) groups excluding carboxylic acids is 2. The Hall–Kier alpha value is -3.44. The van der Waals surface area contributed by atoms with Crippen molar-refractivity contribution in [3.63, 3.8) is 0 Å². The number of halogens is 1. The second-order valence-corrected chi connectivity index (χ2v) is 6.47. The molecule has 0 saturated carbocycles. The molecule has 0 aliphatic rings. The number of hydrogen-bond donors (Lipinski definition) is 1. The maximum absolute atomic E-state index is 12.1. The van der Waals surface area contributed by atoms with E-state index in [0.717, 1.165) is 11.1 Å². The molecule has 0 aliphatic heterocycles. The first kappa shape index (κ1) is 19.3. The van der Waals surface area contributed by atoms with Crippen LogP contribution in [0.15, 0.2) is 77.9 Å². The predicted molar refractivity (Wildman–Crippen MR) is 109 cm³/mol. The van der Waals surface area contributed by atoms with Gasteiger partial charge in [-0.3, -0.25) is 4.79 Å². The molecule has 0 heterocycles.